The highest BCUT2D eigenvalue weighted by atomic mass is 35.5. The maximum Gasteiger partial charge on any atom is 0.433 e. The summed E-state index contributed by atoms with van der Waals surface area (Å²) in [5, 5.41) is -0.948. The molecule has 1 heterocycles. The SMILES string of the molecule is COC(=O)Cc1cc(C(F)F)c(Cl)nc1C(F)(F)F. The fourth-order valence-corrected chi connectivity index (χ4v) is 1.53. The predicted molar refractivity (Wildman–Crippen MR) is 54.9 cm³/mol. The number of esters is 1. The minimum atomic E-state index is -4.91. The first kappa shape index (κ1) is 15.6. The van der Waals surface area contributed by atoms with Gasteiger partial charge in [-0.05, 0) is 11.6 Å². The molecular weight excluding hydrogens is 297 g/mol. The van der Waals surface area contributed by atoms with Crippen LogP contribution in [0.15, 0.2) is 6.07 Å². The zero-order chi connectivity index (χ0) is 14.8. The van der Waals surface area contributed by atoms with Gasteiger partial charge in [0.15, 0.2) is 0 Å². The summed E-state index contributed by atoms with van der Waals surface area (Å²) in [5.41, 5.74) is -3.06. The van der Waals surface area contributed by atoms with Crippen molar-refractivity contribution in [1.29, 1.82) is 0 Å². The molecule has 106 valence electrons. The molecule has 0 atom stereocenters. The van der Waals surface area contributed by atoms with Crippen LogP contribution in [0.2, 0.25) is 5.15 Å². The first-order valence-corrected chi connectivity index (χ1v) is 5.16. The van der Waals surface area contributed by atoms with E-state index in [1.807, 2.05) is 0 Å². The van der Waals surface area contributed by atoms with E-state index >= 15 is 0 Å². The zero-order valence-corrected chi connectivity index (χ0v) is 10.1. The Labute approximate surface area is 109 Å². The number of carbonyl (C=O) groups is 1. The molecule has 0 amide bonds. The van der Waals surface area contributed by atoms with Crippen molar-refractivity contribution in [2.75, 3.05) is 7.11 Å². The second-order valence-electron chi connectivity index (χ2n) is 3.43. The summed E-state index contributed by atoms with van der Waals surface area (Å²) in [5.74, 6) is -1.00. The lowest BCUT2D eigenvalue weighted by Gasteiger charge is -2.14. The third-order valence-corrected chi connectivity index (χ3v) is 2.45. The molecule has 0 spiro atoms. The van der Waals surface area contributed by atoms with E-state index in [1.54, 1.807) is 0 Å². The highest BCUT2D eigenvalue weighted by Gasteiger charge is 2.37. The van der Waals surface area contributed by atoms with Crippen LogP contribution in [0.5, 0.6) is 0 Å². The molecule has 1 aromatic heterocycles. The van der Waals surface area contributed by atoms with Crippen molar-refractivity contribution >= 4 is 17.6 Å². The third kappa shape index (κ3) is 3.76. The highest BCUT2D eigenvalue weighted by molar-refractivity contribution is 6.30. The van der Waals surface area contributed by atoms with Gasteiger partial charge in [-0.3, -0.25) is 4.79 Å². The van der Waals surface area contributed by atoms with E-state index in [2.05, 4.69) is 9.72 Å². The lowest BCUT2D eigenvalue weighted by molar-refractivity contribution is -0.143. The quantitative estimate of drug-likeness (QED) is 0.488. The molecule has 0 bridgehead atoms. The molecule has 0 radical (unpaired) electrons. The van der Waals surface area contributed by atoms with Crippen LogP contribution in [0.4, 0.5) is 22.0 Å². The van der Waals surface area contributed by atoms with Gasteiger partial charge in [-0.2, -0.15) is 13.2 Å². The number of methoxy groups -OCH3 is 1. The second kappa shape index (κ2) is 5.68. The molecule has 0 aliphatic heterocycles. The summed E-state index contributed by atoms with van der Waals surface area (Å²) >= 11 is 5.27. The fourth-order valence-electron chi connectivity index (χ4n) is 1.31. The molecule has 1 rings (SSSR count). The topological polar surface area (TPSA) is 39.2 Å². The van der Waals surface area contributed by atoms with Crippen LogP contribution in [0.1, 0.15) is 23.2 Å². The predicted octanol–water partition coefficient (Wildman–Crippen LogP) is 3.41. The summed E-state index contributed by atoms with van der Waals surface area (Å²) in [4.78, 5) is 13.9. The zero-order valence-electron chi connectivity index (χ0n) is 9.39. The number of ether oxygens (including phenoxy) is 1. The summed E-state index contributed by atoms with van der Waals surface area (Å²) < 4.78 is 67.2. The molecule has 0 aromatic carbocycles. The van der Waals surface area contributed by atoms with Crippen LogP contribution in [-0.4, -0.2) is 18.1 Å². The number of rotatable bonds is 3. The van der Waals surface area contributed by atoms with Crippen molar-refractivity contribution in [3.63, 3.8) is 0 Å². The first-order chi connectivity index (χ1) is 8.66. The first-order valence-electron chi connectivity index (χ1n) is 4.78. The number of alkyl halides is 5. The van der Waals surface area contributed by atoms with Gasteiger partial charge in [0.1, 0.15) is 10.8 Å². The number of hydrogen-bond donors (Lipinski definition) is 0. The summed E-state index contributed by atoms with van der Waals surface area (Å²) in [6.07, 6.45) is -8.83. The Morgan fingerprint density at radius 2 is 2.05 bits per heavy atom. The molecule has 0 saturated heterocycles. The van der Waals surface area contributed by atoms with Crippen molar-refractivity contribution in [2.24, 2.45) is 0 Å². The van der Waals surface area contributed by atoms with Crippen molar-refractivity contribution in [2.45, 2.75) is 19.0 Å². The largest absolute Gasteiger partial charge is 0.469 e. The van der Waals surface area contributed by atoms with Gasteiger partial charge >= 0.3 is 12.1 Å². The van der Waals surface area contributed by atoms with Crippen LogP contribution >= 0.6 is 11.6 Å². The van der Waals surface area contributed by atoms with Crippen molar-refractivity contribution < 1.29 is 31.5 Å². The highest BCUT2D eigenvalue weighted by Crippen LogP contribution is 2.35. The Balaban J connectivity index is 3.37. The van der Waals surface area contributed by atoms with Crippen LogP contribution < -0.4 is 0 Å². The van der Waals surface area contributed by atoms with Gasteiger partial charge in [-0.25, -0.2) is 13.8 Å². The van der Waals surface area contributed by atoms with Gasteiger partial charge in [0.2, 0.25) is 0 Å². The van der Waals surface area contributed by atoms with E-state index in [0.29, 0.717) is 6.07 Å². The van der Waals surface area contributed by atoms with Crippen LogP contribution in [0.3, 0.4) is 0 Å². The lowest BCUT2D eigenvalue weighted by atomic mass is 10.1. The number of carbonyl (C=O) groups excluding carboxylic acids is 1. The van der Waals surface area contributed by atoms with Crippen LogP contribution in [0.25, 0.3) is 0 Å². The van der Waals surface area contributed by atoms with Gasteiger partial charge < -0.3 is 4.74 Å². The van der Waals surface area contributed by atoms with Crippen molar-refractivity contribution in [1.82, 2.24) is 4.98 Å². The van der Waals surface area contributed by atoms with Crippen molar-refractivity contribution in [3.8, 4) is 0 Å². The third-order valence-electron chi connectivity index (χ3n) is 2.15. The number of nitrogens with zero attached hydrogens (tertiary/aromatic N) is 1. The average Bonchev–Trinajstić information content (AvgIpc) is 2.28. The standard InChI is InChI=1S/C10H7ClF5NO2/c1-19-6(18)3-4-2-5(9(12)13)8(11)17-7(4)10(14,15)16/h2,9H,3H2,1H3. The molecule has 0 aliphatic rings. The lowest BCUT2D eigenvalue weighted by Crippen LogP contribution is -2.16. The molecule has 19 heavy (non-hydrogen) atoms. The van der Waals surface area contributed by atoms with Gasteiger partial charge in [-0.1, -0.05) is 11.6 Å². The van der Waals surface area contributed by atoms with Crippen LogP contribution in [-0.2, 0) is 22.1 Å². The number of aromatic nitrogens is 1. The van der Waals surface area contributed by atoms with Gasteiger partial charge in [-0.15, -0.1) is 0 Å². The molecular formula is C10H7ClF5NO2. The summed E-state index contributed by atoms with van der Waals surface area (Å²) in [6, 6.07) is 0.514. The smallest absolute Gasteiger partial charge is 0.433 e. The minimum Gasteiger partial charge on any atom is -0.469 e. The molecule has 0 fully saturated rings. The Morgan fingerprint density at radius 3 is 2.47 bits per heavy atom. The molecule has 3 nitrogen and oxygen atoms in total. The van der Waals surface area contributed by atoms with Gasteiger partial charge in [0.25, 0.3) is 6.43 Å². The van der Waals surface area contributed by atoms with Crippen molar-refractivity contribution in [3.05, 3.63) is 28.0 Å². The molecule has 0 N–H and O–H groups in total. The molecule has 0 unspecified atom stereocenters. The average molecular weight is 304 g/mol. The van der Waals surface area contributed by atoms with E-state index in [1.165, 1.54) is 0 Å². The number of halogens is 6. The van der Waals surface area contributed by atoms with E-state index in [-0.39, 0.29) is 0 Å². The van der Waals surface area contributed by atoms with Crippen LogP contribution in [0, 0.1) is 0 Å². The molecule has 9 heteroatoms. The van der Waals surface area contributed by atoms with E-state index in [4.69, 9.17) is 11.6 Å². The molecule has 0 saturated carbocycles. The van der Waals surface area contributed by atoms with E-state index < -0.39 is 47.0 Å². The number of pyridine rings is 1. The summed E-state index contributed by atoms with van der Waals surface area (Å²) in [7, 11) is 0.965. The normalized spacial score (nSPS) is 11.8. The van der Waals surface area contributed by atoms with Gasteiger partial charge in [0, 0.05) is 0 Å². The molecule has 1 aromatic rings. The van der Waals surface area contributed by atoms with E-state index in [9.17, 15) is 26.7 Å². The Morgan fingerprint density at radius 1 is 1.47 bits per heavy atom. The summed E-state index contributed by atoms with van der Waals surface area (Å²) in [6.45, 7) is 0. The Hall–Kier alpha value is -1.44. The molecule has 0 aliphatic carbocycles. The maximum absolute atomic E-state index is 12.7. The monoisotopic (exact) mass is 303 g/mol. The Bertz CT molecular complexity index is 490. The maximum atomic E-state index is 12.7. The fraction of sp³-hybridized carbons (Fsp3) is 0.400. The Kier molecular flexibility index (Phi) is 4.67. The second-order valence-corrected chi connectivity index (χ2v) is 3.79. The van der Waals surface area contributed by atoms with Gasteiger partial charge in [0.05, 0.1) is 19.1 Å². The number of hydrogen-bond acceptors (Lipinski definition) is 3. The van der Waals surface area contributed by atoms with E-state index in [0.717, 1.165) is 7.11 Å². The minimum absolute atomic E-state index is 0.514.